The Balaban J connectivity index is 1.54. The van der Waals surface area contributed by atoms with Gasteiger partial charge in [-0.05, 0) is 69.0 Å². The number of rotatable bonds is 6. The third-order valence-corrected chi connectivity index (χ3v) is 6.27. The van der Waals surface area contributed by atoms with Gasteiger partial charge in [0.15, 0.2) is 0 Å². The van der Waals surface area contributed by atoms with Gasteiger partial charge < -0.3 is 10.1 Å². The standard InChI is InChI=1S/C20H25N3O4S/c1-14-20(4-3-13-21-14)27-18-9-5-17(6-10-18)23-28(25,26)19-11-7-16(8-12-19)22-15(2)24/h3-4,7-8,11-13,17-18,23H,5-6,9-10H2,1-2H3,(H,22,24). The average Bonchev–Trinajstić information content (AvgIpc) is 2.65. The van der Waals surface area contributed by atoms with Gasteiger partial charge in [0, 0.05) is 24.8 Å². The molecule has 1 saturated carbocycles. The summed E-state index contributed by atoms with van der Waals surface area (Å²) in [5, 5.41) is 2.62. The second kappa shape index (κ2) is 8.70. The van der Waals surface area contributed by atoms with Crippen LogP contribution in [0, 0.1) is 6.92 Å². The van der Waals surface area contributed by atoms with E-state index in [2.05, 4.69) is 15.0 Å². The highest BCUT2D eigenvalue weighted by atomic mass is 32.2. The zero-order valence-electron chi connectivity index (χ0n) is 16.0. The van der Waals surface area contributed by atoms with Gasteiger partial charge in [-0.25, -0.2) is 13.1 Å². The molecule has 3 rings (SSSR count). The lowest BCUT2D eigenvalue weighted by Crippen LogP contribution is -2.39. The van der Waals surface area contributed by atoms with E-state index < -0.39 is 10.0 Å². The second-order valence-corrected chi connectivity index (χ2v) is 8.72. The largest absolute Gasteiger partial charge is 0.489 e. The number of hydrogen-bond donors (Lipinski definition) is 2. The lowest BCUT2D eigenvalue weighted by Gasteiger charge is -2.29. The Kier molecular flexibility index (Phi) is 6.31. The molecule has 28 heavy (non-hydrogen) atoms. The van der Waals surface area contributed by atoms with E-state index in [0.29, 0.717) is 18.5 Å². The number of aryl methyl sites for hydroxylation is 1. The summed E-state index contributed by atoms with van der Waals surface area (Å²) in [6, 6.07) is 9.78. The summed E-state index contributed by atoms with van der Waals surface area (Å²) in [5.41, 5.74) is 1.42. The molecule has 7 nitrogen and oxygen atoms in total. The molecule has 1 aromatic heterocycles. The van der Waals surface area contributed by atoms with Crippen molar-refractivity contribution < 1.29 is 17.9 Å². The van der Waals surface area contributed by atoms with Crippen LogP contribution in [0.1, 0.15) is 38.3 Å². The van der Waals surface area contributed by atoms with Gasteiger partial charge in [0.2, 0.25) is 15.9 Å². The highest BCUT2D eigenvalue weighted by Gasteiger charge is 2.27. The number of nitrogens with one attached hydrogen (secondary N) is 2. The highest BCUT2D eigenvalue weighted by molar-refractivity contribution is 7.89. The van der Waals surface area contributed by atoms with Crippen LogP contribution in [0.5, 0.6) is 5.75 Å². The Morgan fingerprint density at radius 3 is 2.39 bits per heavy atom. The molecule has 1 aliphatic carbocycles. The first-order valence-corrected chi connectivity index (χ1v) is 10.8. The van der Waals surface area contributed by atoms with E-state index >= 15 is 0 Å². The third-order valence-electron chi connectivity index (χ3n) is 4.73. The molecule has 1 fully saturated rings. The minimum Gasteiger partial charge on any atom is -0.489 e. The van der Waals surface area contributed by atoms with Crippen LogP contribution in [0.4, 0.5) is 5.69 Å². The lowest BCUT2D eigenvalue weighted by molar-refractivity contribution is -0.114. The fourth-order valence-electron chi connectivity index (χ4n) is 3.28. The Labute approximate surface area is 165 Å². The van der Waals surface area contributed by atoms with Crippen molar-refractivity contribution in [3.63, 3.8) is 0 Å². The maximum absolute atomic E-state index is 12.6. The van der Waals surface area contributed by atoms with Crippen LogP contribution in [0.3, 0.4) is 0 Å². The summed E-state index contributed by atoms with van der Waals surface area (Å²) < 4.78 is 34.0. The van der Waals surface area contributed by atoms with E-state index in [1.807, 2.05) is 19.1 Å². The van der Waals surface area contributed by atoms with E-state index in [1.54, 1.807) is 18.3 Å². The Bertz CT molecular complexity index is 921. The zero-order chi connectivity index (χ0) is 20.1. The fraction of sp³-hybridized carbons (Fsp3) is 0.400. The van der Waals surface area contributed by atoms with Gasteiger partial charge in [-0.1, -0.05) is 0 Å². The molecule has 1 heterocycles. The molecule has 0 spiro atoms. The molecule has 2 N–H and O–H groups in total. The summed E-state index contributed by atoms with van der Waals surface area (Å²) in [7, 11) is -3.60. The van der Waals surface area contributed by atoms with Crippen molar-refractivity contribution in [2.24, 2.45) is 0 Å². The number of aromatic nitrogens is 1. The van der Waals surface area contributed by atoms with Gasteiger partial charge in [0.05, 0.1) is 16.7 Å². The summed E-state index contributed by atoms with van der Waals surface area (Å²) in [5.74, 6) is 0.583. The van der Waals surface area contributed by atoms with Crippen molar-refractivity contribution in [1.82, 2.24) is 9.71 Å². The SMILES string of the molecule is CC(=O)Nc1ccc(S(=O)(=O)NC2CCC(Oc3cccnc3C)CC2)cc1. The Morgan fingerprint density at radius 1 is 1.11 bits per heavy atom. The summed E-state index contributed by atoms with van der Waals surface area (Å²) in [6.07, 6.45) is 4.80. The molecular formula is C20H25N3O4S. The number of anilines is 1. The molecule has 0 unspecified atom stereocenters. The monoisotopic (exact) mass is 403 g/mol. The number of carbonyl (C=O) groups is 1. The van der Waals surface area contributed by atoms with Crippen molar-refractivity contribution in [2.45, 2.75) is 56.6 Å². The van der Waals surface area contributed by atoms with Crippen LogP contribution in [0.25, 0.3) is 0 Å². The summed E-state index contributed by atoms with van der Waals surface area (Å²) >= 11 is 0. The van der Waals surface area contributed by atoms with Gasteiger partial charge in [-0.2, -0.15) is 0 Å². The molecule has 0 saturated heterocycles. The summed E-state index contributed by atoms with van der Waals surface area (Å²) in [6.45, 7) is 3.31. The lowest BCUT2D eigenvalue weighted by atomic mass is 9.93. The molecule has 0 aliphatic heterocycles. The molecule has 0 radical (unpaired) electrons. The van der Waals surface area contributed by atoms with Crippen molar-refractivity contribution in [3.8, 4) is 5.75 Å². The Hall–Kier alpha value is -2.45. The molecule has 1 aromatic carbocycles. The molecule has 0 bridgehead atoms. The Morgan fingerprint density at radius 2 is 1.79 bits per heavy atom. The maximum atomic E-state index is 12.6. The maximum Gasteiger partial charge on any atom is 0.240 e. The smallest absolute Gasteiger partial charge is 0.240 e. The first-order valence-electron chi connectivity index (χ1n) is 9.32. The van der Waals surface area contributed by atoms with Crippen LogP contribution in [0.15, 0.2) is 47.5 Å². The minimum absolute atomic E-state index is 0.0700. The number of pyridine rings is 1. The molecule has 0 atom stereocenters. The van der Waals surface area contributed by atoms with Crippen LogP contribution in [-0.2, 0) is 14.8 Å². The van der Waals surface area contributed by atoms with E-state index in [4.69, 9.17) is 4.74 Å². The molecule has 1 amide bonds. The molecule has 150 valence electrons. The first kappa shape index (κ1) is 20.3. The van der Waals surface area contributed by atoms with E-state index in [-0.39, 0.29) is 22.9 Å². The molecular weight excluding hydrogens is 378 g/mol. The van der Waals surface area contributed by atoms with Crippen molar-refractivity contribution in [3.05, 3.63) is 48.3 Å². The fourth-order valence-corrected chi connectivity index (χ4v) is 4.59. The number of amides is 1. The average molecular weight is 404 g/mol. The summed E-state index contributed by atoms with van der Waals surface area (Å²) in [4.78, 5) is 15.5. The molecule has 1 aliphatic rings. The normalized spacial score (nSPS) is 19.8. The van der Waals surface area contributed by atoms with E-state index in [0.717, 1.165) is 24.3 Å². The van der Waals surface area contributed by atoms with Crippen molar-refractivity contribution >= 4 is 21.6 Å². The first-order chi connectivity index (χ1) is 13.3. The van der Waals surface area contributed by atoms with Crippen LogP contribution in [-0.4, -0.2) is 31.5 Å². The number of benzene rings is 1. The van der Waals surface area contributed by atoms with Gasteiger partial charge >= 0.3 is 0 Å². The van der Waals surface area contributed by atoms with Gasteiger partial charge in [-0.15, -0.1) is 0 Å². The van der Waals surface area contributed by atoms with Gasteiger partial charge in [0.25, 0.3) is 0 Å². The van der Waals surface area contributed by atoms with Crippen LogP contribution >= 0.6 is 0 Å². The predicted octanol–water partition coefficient (Wildman–Crippen LogP) is 3.02. The van der Waals surface area contributed by atoms with Crippen LogP contribution in [0.2, 0.25) is 0 Å². The number of hydrogen-bond acceptors (Lipinski definition) is 5. The van der Waals surface area contributed by atoms with Gasteiger partial charge in [-0.3, -0.25) is 9.78 Å². The quantitative estimate of drug-likeness (QED) is 0.773. The van der Waals surface area contributed by atoms with Gasteiger partial charge in [0.1, 0.15) is 5.75 Å². The van der Waals surface area contributed by atoms with Crippen molar-refractivity contribution in [2.75, 3.05) is 5.32 Å². The zero-order valence-corrected chi connectivity index (χ0v) is 16.8. The third kappa shape index (κ3) is 5.30. The molecule has 8 heteroatoms. The highest BCUT2D eigenvalue weighted by Crippen LogP contribution is 2.26. The minimum atomic E-state index is -3.60. The van der Waals surface area contributed by atoms with Crippen molar-refractivity contribution in [1.29, 1.82) is 0 Å². The predicted molar refractivity (Wildman–Crippen MR) is 107 cm³/mol. The number of nitrogens with zero attached hydrogens (tertiary/aromatic N) is 1. The number of carbonyl (C=O) groups excluding carboxylic acids is 1. The molecule has 2 aromatic rings. The van der Waals surface area contributed by atoms with E-state index in [9.17, 15) is 13.2 Å². The second-order valence-electron chi connectivity index (χ2n) is 7.01. The van der Waals surface area contributed by atoms with Crippen LogP contribution < -0.4 is 14.8 Å². The number of ether oxygens (including phenoxy) is 1. The topological polar surface area (TPSA) is 97.4 Å². The van der Waals surface area contributed by atoms with E-state index in [1.165, 1.54) is 19.1 Å². The number of sulfonamides is 1.